The van der Waals surface area contributed by atoms with Gasteiger partial charge >= 0.3 is 0 Å². The summed E-state index contributed by atoms with van der Waals surface area (Å²) in [6, 6.07) is 57.6. The maximum Gasteiger partial charge on any atom is 0.146 e. The molecule has 0 atom stereocenters. The van der Waals surface area contributed by atoms with E-state index in [1.54, 1.807) is 0 Å². The minimum atomic E-state index is -0.0810. The number of para-hydroxylation sites is 2. The summed E-state index contributed by atoms with van der Waals surface area (Å²) in [4.78, 5) is 5.94. The van der Waals surface area contributed by atoms with Gasteiger partial charge in [0.1, 0.15) is 5.65 Å². The fraction of sp³-hybridized carbons (Fsp3) is 0.190. The molecule has 4 nitrogen and oxygen atoms in total. The molecule has 8 aromatic carbocycles. The quantitative estimate of drug-likeness (QED) is 0.170. The van der Waals surface area contributed by atoms with Crippen LogP contribution in [0.1, 0.15) is 79.0 Å². The first kappa shape index (κ1) is 38.8. The van der Waals surface area contributed by atoms with E-state index in [-0.39, 0.29) is 16.2 Å². The first-order valence-corrected chi connectivity index (χ1v) is 24.0. The standard InChI is InChI=1S/C63H52N4/c1-61(2,3)37-28-44(36-24-26-53-45(27-36)42-21-15-16-22-52(42)65(53)40-18-11-10-12-19-40)57-47(30-37)48-31-39(63(7,8)9)33-51-55-54(66(57)59(48)51)34-50-49-32-38(62(4,5)6)29-46-43-25-23-35-17-13-14-20-41(35)56(43)67(58(46)49)60(50)64-55/h10-34H,1-9H3. The Morgan fingerprint density at radius 3 is 1.63 bits per heavy atom. The average Bonchev–Trinajstić information content (AvgIpc) is 4.10. The van der Waals surface area contributed by atoms with E-state index >= 15 is 0 Å². The lowest BCUT2D eigenvalue weighted by Crippen LogP contribution is -2.11. The molecule has 0 spiro atoms. The van der Waals surface area contributed by atoms with Crippen LogP contribution in [0.3, 0.4) is 0 Å². The highest BCUT2D eigenvalue weighted by molar-refractivity contribution is 6.30. The number of aromatic nitrogens is 4. The largest absolute Gasteiger partial charge is 0.309 e. The number of hydrogen-bond acceptors (Lipinski definition) is 1. The minimum Gasteiger partial charge on any atom is -0.309 e. The molecule has 0 aliphatic heterocycles. The molecule has 0 saturated heterocycles. The van der Waals surface area contributed by atoms with Crippen LogP contribution in [0.2, 0.25) is 0 Å². The zero-order valence-corrected chi connectivity index (χ0v) is 39.7. The van der Waals surface area contributed by atoms with E-state index in [1.165, 1.54) is 126 Å². The molecule has 324 valence electrons. The van der Waals surface area contributed by atoms with E-state index in [0.717, 1.165) is 16.7 Å². The third-order valence-corrected chi connectivity index (χ3v) is 15.3. The molecule has 0 radical (unpaired) electrons. The Hall–Kier alpha value is -7.43. The molecule has 67 heavy (non-hydrogen) atoms. The fourth-order valence-electron chi connectivity index (χ4n) is 11.8. The molecule has 0 saturated carbocycles. The molecule has 6 heterocycles. The smallest absolute Gasteiger partial charge is 0.146 e. The second kappa shape index (κ2) is 12.7. The molecule has 0 aliphatic rings. The van der Waals surface area contributed by atoms with Gasteiger partial charge in [-0.15, -0.1) is 0 Å². The Morgan fingerprint density at radius 2 is 0.910 bits per heavy atom. The molecule has 4 heteroatoms. The average molecular weight is 865 g/mol. The Morgan fingerprint density at radius 1 is 0.358 bits per heavy atom. The van der Waals surface area contributed by atoms with E-state index < -0.39 is 0 Å². The third kappa shape index (κ3) is 5.16. The summed E-state index contributed by atoms with van der Waals surface area (Å²) in [6.07, 6.45) is 0. The van der Waals surface area contributed by atoms with Crippen LogP contribution in [0.25, 0.3) is 126 Å². The Kier molecular flexibility index (Phi) is 7.36. The minimum absolute atomic E-state index is 0.0422. The van der Waals surface area contributed by atoms with E-state index in [9.17, 15) is 0 Å². The summed E-state index contributed by atoms with van der Waals surface area (Å²) in [5.41, 5.74) is 18.1. The normalized spacial score (nSPS) is 13.4. The first-order chi connectivity index (χ1) is 32.1. The summed E-state index contributed by atoms with van der Waals surface area (Å²) in [6.45, 7) is 21.1. The molecular weight excluding hydrogens is 813 g/mol. The number of rotatable bonds is 2. The predicted octanol–water partition coefficient (Wildman–Crippen LogP) is 17.2. The predicted molar refractivity (Wildman–Crippen MR) is 287 cm³/mol. The Labute approximate surface area is 389 Å². The second-order valence-corrected chi connectivity index (χ2v) is 22.5. The number of nitrogens with zero attached hydrogens (tertiary/aromatic N) is 4. The maximum atomic E-state index is 5.94. The van der Waals surface area contributed by atoms with E-state index in [2.05, 4.69) is 227 Å². The Bertz CT molecular complexity index is 4420. The van der Waals surface area contributed by atoms with Gasteiger partial charge in [0.15, 0.2) is 0 Å². The molecule has 0 unspecified atom stereocenters. The fourth-order valence-corrected chi connectivity index (χ4v) is 11.8. The van der Waals surface area contributed by atoms with Gasteiger partial charge in [0, 0.05) is 65.1 Å². The van der Waals surface area contributed by atoms with Crippen LogP contribution in [0.4, 0.5) is 0 Å². The highest BCUT2D eigenvalue weighted by atomic mass is 15.0. The van der Waals surface area contributed by atoms with Crippen molar-refractivity contribution in [2.24, 2.45) is 0 Å². The van der Waals surface area contributed by atoms with E-state index in [4.69, 9.17) is 4.98 Å². The molecule has 14 rings (SSSR count). The summed E-state index contributed by atoms with van der Waals surface area (Å²) in [5, 5.41) is 13.9. The van der Waals surface area contributed by atoms with Gasteiger partial charge in [-0.1, -0.05) is 141 Å². The van der Waals surface area contributed by atoms with Crippen molar-refractivity contribution in [1.29, 1.82) is 0 Å². The molecule has 14 aromatic rings. The summed E-state index contributed by atoms with van der Waals surface area (Å²) < 4.78 is 7.51. The van der Waals surface area contributed by atoms with Gasteiger partial charge in [0.25, 0.3) is 0 Å². The van der Waals surface area contributed by atoms with Crippen molar-refractivity contribution in [3.05, 3.63) is 168 Å². The van der Waals surface area contributed by atoms with Crippen LogP contribution in [0, 0.1) is 0 Å². The van der Waals surface area contributed by atoms with Crippen LogP contribution in [-0.2, 0) is 16.2 Å². The van der Waals surface area contributed by atoms with Crippen LogP contribution >= 0.6 is 0 Å². The SMILES string of the molecule is CC(C)(C)c1cc(-c2ccc3c(c2)c2ccccc2n3-c2ccccc2)c2c(c1)c1cc(C(C)(C)C)cc3c4nc5c(cc4n2c13)c1cc(C(C)(C)C)cc2c3ccc4ccccc4c3n5c12. The molecular formula is C63H52N4. The topological polar surface area (TPSA) is 26.6 Å². The molecule has 0 bridgehead atoms. The van der Waals surface area contributed by atoms with Gasteiger partial charge in [0.05, 0.1) is 44.1 Å². The van der Waals surface area contributed by atoms with Crippen LogP contribution in [-0.4, -0.2) is 18.4 Å². The number of hydrogen-bond donors (Lipinski definition) is 0. The van der Waals surface area contributed by atoms with Crippen molar-refractivity contribution >= 4 is 109 Å². The second-order valence-electron chi connectivity index (χ2n) is 22.5. The van der Waals surface area contributed by atoms with Gasteiger partial charge in [-0.2, -0.15) is 0 Å². The van der Waals surface area contributed by atoms with Crippen molar-refractivity contribution in [2.75, 3.05) is 0 Å². The Balaban J connectivity index is 1.17. The highest BCUT2D eigenvalue weighted by Gasteiger charge is 2.30. The lowest BCUT2D eigenvalue weighted by Gasteiger charge is -2.22. The van der Waals surface area contributed by atoms with Crippen molar-refractivity contribution in [1.82, 2.24) is 18.4 Å². The van der Waals surface area contributed by atoms with Crippen molar-refractivity contribution in [3.63, 3.8) is 0 Å². The van der Waals surface area contributed by atoms with E-state index in [1.807, 2.05) is 0 Å². The highest BCUT2D eigenvalue weighted by Crippen LogP contribution is 2.49. The third-order valence-electron chi connectivity index (χ3n) is 15.3. The monoisotopic (exact) mass is 864 g/mol. The van der Waals surface area contributed by atoms with Gasteiger partial charge in [-0.05, 0) is 117 Å². The molecule has 0 amide bonds. The number of benzene rings is 8. The zero-order valence-electron chi connectivity index (χ0n) is 39.7. The van der Waals surface area contributed by atoms with Crippen molar-refractivity contribution in [2.45, 2.75) is 78.6 Å². The summed E-state index contributed by atoms with van der Waals surface area (Å²) >= 11 is 0. The van der Waals surface area contributed by atoms with Crippen molar-refractivity contribution < 1.29 is 0 Å². The lowest BCUT2D eigenvalue weighted by atomic mass is 9.83. The van der Waals surface area contributed by atoms with Crippen LogP contribution < -0.4 is 0 Å². The molecule has 6 aromatic heterocycles. The van der Waals surface area contributed by atoms with Gasteiger partial charge in [-0.25, -0.2) is 4.98 Å². The van der Waals surface area contributed by atoms with Gasteiger partial charge < -0.3 is 8.97 Å². The van der Waals surface area contributed by atoms with Gasteiger partial charge in [-0.3, -0.25) is 4.40 Å². The van der Waals surface area contributed by atoms with Crippen LogP contribution in [0.15, 0.2) is 152 Å². The van der Waals surface area contributed by atoms with E-state index in [0.29, 0.717) is 0 Å². The van der Waals surface area contributed by atoms with Crippen molar-refractivity contribution in [3.8, 4) is 16.8 Å². The first-order valence-electron chi connectivity index (χ1n) is 24.0. The maximum absolute atomic E-state index is 5.94. The number of fused-ring (bicyclic) bond motifs is 17. The van der Waals surface area contributed by atoms with Crippen LogP contribution in [0.5, 0.6) is 0 Å². The van der Waals surface area contributed by atoms with Gasteiger partial charge in [0.2, 0.25) is 0 Å². The lowest BCUT2D eigenvalue weighted by molar-refractivity contribution is 0.591. The summed E-state index contributed by atoms with van der Waals surface area (Å²) in [7, 11) is 0. The summed E-state index contributed by atoms with van der Waals surface area (Å²) in [5.74, 6) is 0. The number of pyridine rings is 1. The molecule has 0 aliphatic carbocycles. The molecule has 0 fully saturated rings. The molecule has 0 N–H and O–H groups in total. The zero-order chi connectivity index (χ0) is 45.6.